The smallest absolute Gasteiger partial charge is 0.240 e. The van der Waals surface area contributed by atoms with E-state index in [1.807, 2.05) is 6.92 Å². The van der Waals surface area contributed by atoms with E-state index in [2.05, 4.69) is 30.3 Å². The number of nitrogens with zero attached hydrogens (tertiary/aromatic N) is 5. The maximum absolute atomic E-state index is 5.30. The number of methoxy groups -OCH3 is 1. The minimum atomic E-state index is 0.616. The Morgan fingerprint density at radius 3 is 2.77 bits per heavy atom. The van der Waals surface area contributed by atoms with E-state index in [0.29, 0.717) is 31.3 Å². The van der Waals surface area contributed by atoms with Crippen LogP contribution in [0.25, 0.3) is 0 Å². The molecule has 2 aromatic rings. The summed E-state index contributed by atoms with van der Waals surface area (Å²) in [7, 11) is 1.67. The topological polar surface area (TPSA) is 67.5 Å². The molecule has 0 radical (unpaired) electrons. The van der Waals surface area contributed by atoms with Gasteiger partial charge in [-0.1, -0.05) is 5.16 Å². The highest BCUT2D eigenvalue weighted by atomic mass is 32.1. The molecule has 0 bridgehead atoms. The molecule has 3 heterocycles. The average molecular weight is 323 g/mol. The van der Waals surface area contributed by atoms with Crippen LogP contribution in [0.4, 0.5) is 5.13 Å². The van der Waals surface area contributed by atoms with Gasteiger partial charge in [-0.05, 0) is 6.92 Å². The van der Waals surface area contributed by atoms with Crippen LogP contribution in [0.1, 0.15) is 17.4 Å². The first-order valence-corrected chi connectivity index (χ1v) is 8.32. The second kappa shape index (κ2) is 7.17. The fraction of sp³-hybridized carbons (Fsp3) is 0.643. The number of thiazole rings is 1. The highest BCUT2D eigenvalue weighted by molar-refractivity contribution is 7.13. The van der Waals surface area contributed by atoms with Gasteiger partial charge in [0.2, 0.25) is 5.89 Å². The van der Waals surface area contributed by atoms with Gasteiger partial charge in [0.25, 0.3) is 0 Å². The van der Waals surface area contributed by atoms with Crippen molar-refractivity contribution in [2.75, 3.05) is 44.8 Å². The van der Waals surface area contributed by atoms with Crippen LogP contribution in [0.5, 0.6) is 0 Å². The van der Waals surface area contributed by atoms with Gasteiger partial charge >= 0.3 is 0 Å². The summed E-state index contributed by atoms with van der Waals surface area (Å²) in [6.07, 6.45) is 0.692. The first-order valence-electron chi connectivity index (χ1n) is 7.44. The van der Waals surface area contributed by atoms with E-state index in [9.17, 15) is 0 Å². The van der Waals surface area contributed by atoms with Gasteiger partial charge in [0.15, 0.2) is 11.0 Å². The first-order chi connectivity index (χ1) is 10.7. The fourth-order valence-electron chi connectivity index (χ4n) is 2.42. The molecule has 0 atom stereocenters. The third kappa shape index (κ3) is 3.82. The Kier molecular flexibility index (Phi) is 5.01. The maximum Gasteiger partial charge on any atom is 0.240 e. The number of piperazine rings is 1. The lowest BCUT2D eigenvalue weighted by molar-refractivity contribution is 0.199. The molecule has 0 spiro atoms. The lowest BCUT2D eigenvalue weighted by Gasteiger charge is -2.33. The second-order valence-corrected chi connectivity index (χ2v) is 6.22. The van der Waals surface area contributed by atoms with Crippen molar-refractivity contribution in [1.82, 2.24) is 20.0 Å². The zero-order valence-electron chi connectivity index (χ0n) is 13.0. The van der Waals surface area contributed by atoms with Gasteiger partial charge in [0.1, 0.15) is 0 Å². The van der Waals surface area contributed by atoms with Crippen molar-refractivity contribution >= 4 is 16.5 Å². The van der Waals surface area contributed by atoms with Gasteiger partial charge in [0, 0.05) is 45.1 Å². The SMILES string of the molecule is COCCc1noc(CN2CCN(c3nc(C)cs3)CC2)n1. The van der Waals surface area contributed by atoms with E-state index in [0.717, 1.165) is 37.0 Å². The molecule has 1 aliphatic rings. The van der Waals surface area contributed by atoms with E-state index in [1.54, 1.807) is 18.4 Å². The van der Waals surface area contributed by atoms with Gasteiger partial charge < -0.3 is 14.2 Å². The molecule has 0 amide bonds. The lowest BCUT2D eigenvalue weighted by Crippen LogP contribution is -2.46. The maximum atomic E-state index is 5.30. The molecule has 0 saturated carbocycles. The Hall–Kier alpha value is -1.51. The largest absolute Gasteiger partial charge is 0.384 e. The Bertz CT molecular complexity index is 592. The van der Waals surface area contributed by atoms with E-state index < -0.39 is 0 Å². The monoisotopic (exact) mass is 323 g/mol. The van der Waals surface area contributed by atoms with Crippen molar-refractivity contribution < 1.29 is 9.26 Å². The molecule has 0 unspecified atom stereocenters. The van der Waals surface area contributed by atoms with Crippen LogP contribution in [0.15, 0.2) is 9.90 Å². The predicted octanol–water partition coefficient (Wildman–Crippen LogP) is 1.35. The number of aromatic nitrogens is 3. The molecule has 8 heteroatoms. The summed E-state index contributed by atoms with van der Waals surface area (Å²) >= 11 is 1.72. The zero-order valence-corrected chi connectivity index (χ0v) is 13.8. The summed E-state index contributed by atoms with van der Waals surface area (Å²) in [5.74, 6) is 1.40. The minimum absolute atomic E-state index is 0.616. The molecule has 1 saturated heterocycles. The summed E-state index contributed by atoms with van der Waals surface area (Å²) < 4.78 is 10.3. The van der Waals surface area contributed by atoms with Crippen molar-refractivity contribution in [3.63, 3.8) is 0 Å². The molecular formula is C14H21N5O2S. The average Bonchev–Trinajstić information content (AvgIpc) is 3.15. The molecular weight excluding hydrogens is 302 g/mol. The van der Waals surface area contributed by atoms with E-state index in [4.69, 9.17) is 9.26 Å². The van der Waals surface area contributed by atoms with Gasteiger partial charge in [-0.2, -0.15) is 4.98 Å². The highest BCUT2D eigenvalue weighted by Gasteiger charge is 2.20. The number of ether oxygens (including phenoxy) is 1. The lowest BCUT2D eigenvalue weighted by atomic mass is 10.3. The van der Waals surface area contributed by atoms with Crippen LogP contribution in [0, 0.1) is 6.92 Å². The van der Waals surface area contributed by atoms with Gasteiger partial charge in [-0.3, -0.25) is 4.90 Å². The van der Waals surface area contributed by atoms with Crippen LogP contribution in [0.2, 0.25) is 0 Å². The molecule has 22 heavy (non-hydrogen) atoms. The molecule has 0 N–H and O–H groups in total. The number of hydrogen-bond acceptors (Lipinski definition) is 8. The number of rotatable bonds is 6. The quantitative estimate of drug-likeness (QED) is 0.795. The number of hydrogen-bond donors (Lipinski definition) is 0. The molecule has 0 aliphatic carbocycles. The molecule has 3 rings (SSSR count). The van der Waals surface area contributed by atoms with Crippen molar-refractivity contribution in [3.05, 3.63) is 22.8 Å². The summed E-state index contributed by atoms with van der Waals surface area (Å²) in [6.45, 7) is 7.29. The van der Waals surface area contributed by atoms with Gasteiger partial charge in [-0.15, -0.1) is 11.3 Å². The number of aryl methyl sites for hydroxylation is 1. The molecule has 7 nitrogen and oxygen atoms in total. The van der Waals surface area contributed by atoms with Gasteiger partial charge in [0.05, 0.1) is 18.8 Å². The van der Waals surface area contributed by atoms with Crippen molar-refractivity contribution in [1.29, 1.82) is 0 Å². The zero-order chi connectivity index (χ0) is 15.4. The summed E-state index contributed by atoms with van der Waals surface area (Å²) in [6, 6.07) is 0. The van der Waals surface area contributed by atoms with E-state index in [1.165, 1.54) is 0 Å². The number of anilines is 1. The van der Waals surface area contributed by atoms with Crippen molar-refractivity contribution in [2.45, 2.75) is 19.9 Å². The Balaban J connectivity index is 1.48. The van der Waals surface area contributed by atoms with Crippen molar-refractivity contribution in [3.8, 4) is 0 Å². The summed E-state index contributed by atoms with van der Waals surface area (Å²) in [4.78, 5) is 13.6. The van der Waals surface area contributed by atoms with Crippen LogP contribution >= 0.6 is 11.3 Å². The fourth-order valence-corrected chi connectivity index (χ4v) is 3.28. The normalized spacial score (nSPS) is 16.4. The standard InChI is InChI=1S/C14H21N5O2S/c1-11-10-22-14(15-11)19-6-4-18(5-7-19)9-13-16-12(17-21-13)3-8-20-2/h10H,3-9H2,1-2H3. The van der Waals surface area contributed by atoms with E-state index in [-0.39, 0.29) is 0 Å². The Labute approximate surface area is 133 Å². The molecule has 1 fully saturated rings. The van der Waals surface area contributed by atoms with E-state index >= 15 is 0 Å². The third-order valence-corrected chi connectivity index (χ3v) is 4.67. The molecule has 0 aromatic carbocycles. The molecule has 120 valence electrons. The summed E-state index contributed by atoms with van der Waals surface area (Å²) in [5, 5.41) is 7.19. The molecule has 2 aromatic heterocycles. The van der Waals surface area contributed by atoms with Crippen LogP contribution < -0.4 is 4.90 Å². The van der Waals surface area contributed by atoms with Gasteiger partial charge in [-0.25, -0.2) is 4.98 Å². The van der Waals surface area contributed by atoms with Crippen molar-refractivity contribution in [2.24, 2.45) is 0 Å². The Morgan fingerprint density at radius 1 is 1.27 bits per heavy atom. The predicted molar refractivity (Wildman–Crippen MR) is 84.2 cm³/mol. The second-order valence-electron chi connectivity index (χ2n) is 5.38. The molecule has 1 aliphatic heterocycles. The highest BCUT2D eigenvalue weighted by Crippen LogP contribution is 2.21. The third-order valence-electron chi connectivity index (χ3n) is 3.65. The van der Waals surface area contributed by atoms with Crippen LogP contribution in [-0.2, 0) is 17.7 Å². The van der Waals surface area contributed by atoms with Crippen LogP contribution in [-0.4, -0.2) is 59.9 Å². The first kappa shape index (κ1) is 15.4. The summed E-state index contributed by atoms with van der Waals surface area (Å²) in [5.41, 5.74) is 1.09. The van der Waals surface area contributed by atoms with Crippen LogP contribution in [0.3, 0.4) is 0 Å². The minimum Gasteiger partial charge on any atom is -0.384 e. The Morgan fingerprint density at radius 2 is 2.09 bits per heavy atom.